The summed E-state index contributed by atoms with van der Waals surface area (Å²) in [4.78, 5) is 33.0. The van der Waals surface area contributed by atoms with Crippen molar-refractivity contribution in [2.24, 2.45) is 5.73 Å². The molecule has 1 aromatic carbocycles. The molecule has 1 aliphatic carbocycles. The second kappa shape index (κ2) is 6.15. The lowest BCUT2D eigenvalue weighted by Crippen LogP contribution is -2.36. The van der Waals surface area contributed by atoms with Crippen molar-refractivity contribution < 1.29 is 14.3 Å². The van der Waals surface area contributed by atoms with Gasteiger partial charge in [0.2, 0.25) is 10.9 Å². The Kier molecular flexibility index (Phi) is 4.06. The van der Waals surface area contributed by atoms with E-state index in [-0.39, 0.29) is 5.28 Å². The van der Waals surface area contributed by atoms with Crippen molar-refractivity contribution in [2.75, 3.05) is 0 Å². The number of ether oxygens (including phenoxy) is 1. The Morgan fingerprint density at radius 3 is 2.77 bits per heavy atom. The zero-order valence-corrected chi connectivity index (χ0v) is 16.1. The minimum absolute atomic E-state index is 0.128. The third-order valence-electron chi connectivity index (χ3n) is 3.85. The second-order valence-electron chi connectivity index (χ2n) is 5.54. The molecule has 0 atom stereocenters. The van der Waals surface area contributed by atoms with Gasteiger partial charge >= 0.3 is 5.97 Å². The molecule has 4 rings (SSSR count). The molecule has 1 aliphatic rings. The Hall–Kier alpha value is -2.29. The summed E-state index contributed by atoms with van der Waals surface area (Å²) in [6.45, 7) is 0. The molecule has 0 bridgehead atoms. The van der Waals surface area contributed by atoms with Gasteiger partial charge in [-0.25, -0.2) is 14.8 Å². The maximum Gasteiger partial charge on any atom is 0.340 e. The first-order valence-corrected chi connectivity index (χ1v) is 9.33. The molecule has 1 amide bonds. The summed E-state index contributed by atoms with van der Waals surface area (Å²) in [5, 5.41) is 0.822. The van der Waals surface area contributed by atoms with Crippen LogP contribution in [0, 0.1) is 0 Å². The number of hydrogen-bond donors (Lipinski definition) is 1. The zero-order valence-electron chi connectivity index (χ0n) is 12.9. The van der Waals surface area contributed by atoms with Gasteiger partial charge in [0, 0.05) is 16.3 Å². The van der Waals surface area contributed by atoms with Gasteiger partial charge in [-0.15, -0.1) is 11.3 Å². The Morgan fingerprint density at radius 1 is 1.31 bits per heavy atom. The van der Waals surface area contributed by atoms with Crippen LogP contribution in [0.3, 0.4) is 0 Å². The molecule has 0 saturated heterocycles. The number of carbonyl (C=O) groups excluding carboxylic acids is 2. The summed E-state index contributed by atoms with van der Waals surface area (Å²) in [6.07, 6.45) is 4.47. The highest BCUT2D eigenvalue weighted by Gasteiger charge is 2.45. The highest BCUT2D eigenvalue weighted by Crippen LogP contribution is 2.38. The number of thiophene rings is 1. The van der Waals surface area contributed by atoms with Crippen LogP contribution in [0.4, 0.5) is 0 Å². The van der Waals surface area contributed by atoms with Gasteiger partial charge in [-0.2, -0.15) is 0 Å². The highest BCUT2D eigenvalue weighted by atomic mass is 79.9. The summed E-state index contributed by atoms with van der Waals surface area (Å²) < 4.78 is 6.84. The van der Waals surface area contributed by atoms with E-state index in [1.54, 1.807) is 18.3 Å². The third kappa shape index (κ3) is 2.90. The van der Waals surface area contributed by atoms with E-state index in [2.05, 4.69) is 25.9 Å². The molecule has 0 unspecified atom stereocenters. The smallest absolute Gasteiger partial charge is 0.340 e. The molecule has 2 heterocycles. The van der Waals surface area contributed by atoms with Crippen LogP contribution in [0.15, 0.2) is 47.1 Å². The van der Waals surface area contributed by atoms with Crippen LogP contribution in [-0.4, -0.2) is 27.4 Å². The number of fused-ring (bicyclic) bond motifs is 1. The largest absolute Gasteiger partial charge is 0.437 e. The van der Waals surface area contributed by atoms with Crippen LogP contribution >= 0.6 is 38.9 Å². The number of rotatable bonds is 4. The van der Waals surface area contributed by atoms with E-state index in [0.29, 0.717) is 21.1 Å². The van der Waals surface area contributed by atoms with Gasteiger partial charge in [0.25, 0.3) is 5.91 Å². The molecular weight excluding hydrogens is 442 g/mol. The van der Waals surface area contributed by atoms with E-state index in [0.717, 1.165) is 9.58 Å². The summed E-state index contributed by atoms with van der Waals surface area (Å²) in [6, 6.07) is 7.10. The molecule has 3 aromatic rings. The fourth-order valence-corrected chi connectivity index (χ4v) is 4.20. The van der Waals surface area contributed by atoms with Gasteiger partial charge in [0.1, 0.15) is 0 Å². The summed E-state index contributed by atoms with van der Waals surface area (Å²) in [7, 11) is 0. The second-order valence-corrected chi connectivity index (χ2v) is 7.82. The molecule has 26 heavy (non-hydrogen) atoms. The third-order valence-corrected chi connectivity index (χ3v) is 5.72. The average molecular weight is 451 g/mol. The number of nitrogens with two attached hydrogens (primary N) is 1. The molecule has 6 nitrogen and oxygen atoms in total. The SMILES string of the molecule is NC(=O)C1(OC(=O)c2cccc3sc(-c4nc(Cl)ncc4Br)cc23)C=C1. The van der Waals surface area contributed by atoms with Gasteiger partial charge < -0.3 is 10.5 Å². The van der Waals surface area contributed by atoms with Crippen molar-refractivity contribution in [1.82, 2.24) is 9.97 Å². The van der Waals surface area contributed by atoms with Crippen LogP contribution in [0.1, 0.15) is 10.4 Å². The molecular formula is C17H9BrClN3O3S. The van der Waals surface area contributed by atoms with Crippen LogP contribution < -0.4 is 5.73 Å². The first-order chi connectivity index (χ1) is 12.4. The zero-order chi connectivity index (χ0) is 18.5. The van der Waals surface area contributed by atoms with Gasteiger partial charge in [-0.1, -0.05) is 6.07 Å². The molecule has 2 aromatic heterocycles. The maximum atomic E-state index is 12.6. The summed E-state index contributed by atoms with van der Waals surface area (Å²) in [5.41, 5.74) is 4.84. The van der Waals surface area contributed by atoms with Gasteiger partial charge in [-0.05, 0) is 57.9 Å². The Morgan fingerprint density at radius 2 is 2.08 bits per heavy atom. The topological polar surface area (TPSA) is 95.2 Å². The Bertz CT molecular complexity index is 1110. The van der Waals surface area contributed by atoms with E-state index in [1.807, 2.05) is 12.1 Å². The van der Waals surface area contributed by atoms with Crippen molar-refractivity contribution in [3.05, 3.63) is 57.9 Å². The number of hydrogen-bond acceptors (Lipinski definition) is 6. The molecule has 0 aliphatic heterocycles. The van der Waals surface area contributed by atoms with Gasteiger partial charge in [-0.3, -0.25) is 4.79 Å². The Labute approximate surface area is 164 Å². The average Bonchev–Trinajstić information content (AvgIpc) is 3.26. The lowest BCUT2D eigenvalue weighted by molar-refractivity contribution is -0.127. The minimum Gasteiger partial charge on any atom is -0.437 e. The number of nitrogens with zero attached hydrogens (tertiary/aromatic N) is 2. The first kappa shape index (κ1) is 17.1. The summed E-state index contributed by atoms with van der Waals surface area (Å²) in [5.74, 6) is -1.34. The number of amides is 1. The maximum absolute atomic E-state index is 12.6. The van der Waals surface area contributed by atoms with E-state index < -0.39 is 17.5 Å². The predicted molar refractivity (Wildman–Crippen MR) is 102 cm³/mol. The lowest BCUT2D eigenvalue weighted by Gasteiger charge is -2.13. The van der Waals surface area contributed by atoms with E-state index in [9.17, 15) is 9.59 Å². The number of benzene rings is 1. The molecule has 0 spiro atoms. The molecule has 130 valence electrons. The fraction of sp³-hybridized carbons (Fsp3) is 0.0588. The number of carbonyl (C=O) groups is 2. The number of aromatic nitrogens is 2. The quantitative estimate of drug-likeness (QED) is 0.371. The lowest BCUT2D eigenvalue weighted by atomic mass is 10.1. The monoisotopic (exact) mass is 449 g/mol. The van der Waals surface area contributed by atoms with Crippen LogP contribution in [-0.2, 0) is 9.53 Å². The van der Waals surface area contributed by atoms with Crippen LogP contribution in [0.25, 0.3) is 20.7 Å². The standard InChI is InChI=1S/C17H9BrClN3O3S/c18-10-7-21-16(19)22-13(10)12-6-9-8(2-1-3-11(9)26-12)14(23)25-17(4-5-17)15(20)24/h1-7H,(H2,20,24). The van der Waals surface area contributed by atoms with Crippen molar-refractivity contribution in [1.29, 1.82) is 0 Å². The molecule has 0 saturated carbocycles. The number of halogens is 2. The highest BCUT2D eigenvalue weighted by molar-refractivity contribution is 9.10. The Balaban J connectivity index is 1.76. The first-order valence-electron chi connectivity index (χ1n) is 7.34. The number of primary amides is 1. The van der Waals surface area contributed by atoms with E-state index in [1.165, 1.54) is 23.5 Å². The molecule has 0 radical (unpaired) electrons. The fourth-order valence-electron chi connectivity index (χ4n) is 2.44. The molecule has 9 heteroatoms. The van der Waals surface area contributed by atoms with Crippen molar-refractivity contribution >= 4 is 60.8 Å². The van der Waals surface area contributed by atoms with Crippen molar-refractivity contribution in [3.63, 3.8) is 0 Å². The van der Waals surface area contributed by atoms with Crippen molar-refractivity contribution in [2.45, 2.75) is 5.60 Å². The van der Waals surface area contributed by atoms with Crippen molar-refractivity contribution in [3.8, 4) is 10.6 Å². The van der Waals surface area contributed by atoms with E-state index in [4.69, 9.17) is 22.1 Å². The summed E-state index contributed by atoms with van der Waals surface area (Å²) >= 11 is 10.8. The van der Waals surface area contributed by atoms with Crippen LogP contribution in [0.2, 0.25) is 5.28 Å². The van der Waals surface area contributed by atoms with Gasteiger partial charge in [0.05, 0.1) is 20.6 Å². The molecule has 0 fully saturated rings. The minimum atomic E-state index is -1.40. The van der Waals surface area contributed by atoms with E-state index >= 15 is 0 Å². The molecule has 2 N–H and O–H groups in total. The van der Waals surface area contributed by atoms with Gasteiger partial charge in [0.15, 0.2) is 0 Å². The number of esters is 1. The normalized spacial score (nSPS) is 14.4. The predicted octanol–water partition coefficient (Wildman–Crippen LogP) is 3.72. The van der Waals surface area contributed by atoms with Crippen LogP contribution in [0.5, 0.6) is 0 Å².